The fourth-order valence-corrected chi connectivity index (χ4v) is 6.04. The van der Waals surface area contributed by atoms with Crippen molar-refractivity contribution in [1.82, 2.24) is 15.1 Å². The summed E-state index contributed by atoms with van der Waals surface area (Å²) in [5.41, 5.74) is 4.20. The molecule has 9 heteroatoms. The highest BCUT2D eigenvalue weighted by atomic mass is 32.2. The number of fused-ring (bicyclic) bond motifs is 3. The Morgan fingerprint density at radius 3 is 2.60 bits per heavy atom. The van der Waals surface area contributed by atoms with Gasteiger partial charge in [0.2, 0.25) is 0 Å². The molecule has 2 aromatic rings. The molecule has 2 aliphatic carbocycles. The van der Waals surface area contributed by atoms with Gasteiger partial charge in [-0.1, -0.05) is 12.2 Å². The normalized spacial score (nSPS) is 18.4. The molecule has 1 aromatic heterocycles. The number of nitrogens with zero attached hydrogens (tertiary/aromatic N) is 2. The number of hydrogen-bond acceptors (Lipinski definition) is 6. The molecule has 5 rings (SSSR count). The summed E-state index contributed by atoms with van der Waals surface area (Å²) in [6, 6.07) is 3.53. The maximum Gasteiger partial charge on any atom is 0.272 e. The van der Waals surface area contributed by atoms with Gasteiger partial charge in [0.25, 0.3) is 5.91 Å². The molecule has 0 radical (unpaired) electrons. The van der Waals surface area contributed by atoms with Crippen molar-refractivity contribution < 1.29 is 22.7 Å². The van der Waals surface area contributed by atoms with Crippen LogP contribution in [0.1, 0.15) is 55.2 Å². The van der Waals surface area contributed by atoms with Crippen LogP contribution in [0.4, 0.5) is 0 Å². The molecule has 1 aliphatic heterocycles. The number of methoxy groups -OCH3 is 1. The van der Waals surface area contributed by atoms with E-state index in [0.717, 1.165) is 40.9 Å². The summed E-state index contributed by atoms with van der Waals surface area (Å²) in [6.45, 7) is 6.21. The SMILES string of the molecule is COc1cc2c(cc1S(=O)(=O)C(C)C)-c1c(c(C(=O)NC3(C)COC3)nn1C1=CCCC=C1)CC2. The highest BCUT2D eigenvalue weighted by Gasteiger charge is 2.38. The summed E-state index contributed by atoms with van der Waals surface area (Å²) >= 11 is 0. The largest absolute Gasteiger partial charge is 0.495 e. The maximum atomic E-state index is 13.4. The van der Waals surface area contributed by atoms with E-state index in [9.17, 15) is 13.2 Å². The van der Waals surface area contributed by atoms with E-state index in [1.807, 2.05) is 19.1 Å². The summed E-state index contributed by atoms with van der Waals surface area (Å²) < 4.78 is 39.0. The van der Waals surface area contributed by atoms with Crippen LogP contribution in [-0.4, -0.2) is 55.2 Å². The van der Waals surface area contributed by atoms with E-state index in [1.165, 1.54) is 7.11 Å². The van der Waals surface area contributed by atoms with Gasteiger partial charge in [-0.05, 0) is 70.2 Å². The standard InChI is InChI=1S/C26H31N3O5S/c1-16(2)35(31,32)22-13-20-17(12-21(22)33-4)10-11-19-23(25(30)27-26(3)14-34-15-26)28-29(24(19)20)18-8-6-5-7-9-18/h6,8-9,12-13,16H,5,7,10-11,14-15H2,1-4H3,(H,27,30). The zero-order valence-corrected chi connectivity index (χ0v) is 21.4. The van der Waals surface area contributed by atoms with E-state index in [-0.39, 0.29) is 10.8 Å². The van der Waals surface area contributed by atoms with Gasteiger partial charge in [-0.25, -0.2) is 13.1 Å². The van der Waals surface area contributed by atoms with Crippen molar-refractivity contribution in [3.8, 4) is 17.0 Å². The number of rotatable bonds is 6. The van der Waals surface area contributed by atoms with E-state index in [2.05, 4.69) is 17.5 Å². The van der Waals surface area contributed by atoms with Gasteiger partial charge in [-0.3, -0.25) is 4.79 Å². The molecule has 0 atom stereocenters. The van der Waals surface area contributed by atoms with E-state index < -0.39 is 20.6 Å². The van der Waals surface area contributed by atoms with Gasteiger partial charge in [0.05, 0.1) is 42.5 Å². The Morgan fingerprint density at radius 2 is 2.00 bits per heavy atom. The van der Waals surface area contributed by atoms with Crippen LogP contribution >= 0.6 is 0 Å². The predicted molar refractivity (Wildman–Crippen MR) is 133 cm³/mol. The van der Waals surface area contributed by atoms with E-state index in [0.29, 0.717) is 37.5 Å². The molecule has 0 bridgehead atoms. The number of amides is 1. The highest BCUT2D eigenvalue weighted by Crippen LogP contribution is 2.42. The fourth-order valence-electron chi connectivity index (χ4n) is 4.83. The topological polar surface area (TPSA) is 99.5 Å². The number of benzene rings is 1. The van der Waals surface area contributed by atoms with Gasteiger partial charge in [0.1, 0.15) is 10.6 Å². The Morgan fingerprint density at radius 1 is 1.23 bits per heavy atom. The van der Waals surface area contributed by atoms with E-state index >= 15 is 0 Å². The molecular weight excluding hydrogens is 466 g/mol. The lowest BCUT2D eigenvalue weighted by molar-refractivity contribution is -0.0594. The number of aryl methyl sites for hydroxylation is 1. The molecule has 8 nitrogen and oxygen atoms in total. The lowest BCUT2D eigenvalue weighted by Gasteiger charge is -2.38. The molecule has 35 heavy (non-hydrogen) atoms. The molecule has 186 valence electrons. The Balaban J connectivity index is 1.71. The molecule has 1 fully saturated rings. The number of ether oxygens (including phenoxy) is 2. The van der Waals surface area contributed by atoms with Crippen LogP contribution in [0.3, 0.4) is 0 Å². The average molecular weight is 498 g/mol. The monoisotopic (exact) mass is 497 g/mol. The first-order valence-corrected chi connectivity index (χ1v) is 13.5. The Bertz CT molecular complexity index is 1360. The number of hydrogen-bond donors (Lipinski definition) is 1. The zero-order chi connectivity index (χ0) is 25.0. The summed E-state index contributed by atoms with van der Waals surface area (Å²) in [7, 11) is -2.11. The molecule has 1 aromatic carbocycles. The van der Waals surface area contributed by atoms with Crippen LogP contribution in [0.5, 0.6) is 5.75 Å². The summed E-state index contributed by atoms with van der Waals surface area (Å²) in [4.78, 5) is 13.5. The fraction of sp³-hybridized carbons (Fsp3) is 0.462. The quantitative estimate of drug-likeness (QED) is 0.655. The van der Waals surface area contributed by atoms with Crippen molar-refractivity contribution in [2.75, 3.05) is 20.3 Å². The number of aromatic nitrogens is 2. The predicted octanol–water partition coefficient (Wildman–Crippen LogP) is 3.55. The third-order valence-electron chi connectivity index (χ3n) is 6.89. The van der Waals surface area contributed by atoms with Crippen LogP contribution < -0.4 is 10.1 Å². The molecule has 1 amide bonds. The first-order chi connectivity index (χ1) is 16.6. The molecular formula is C26H31N3O5S. The molecule has 0 spiro atoms. The summed E-state index contributed by atoms with van der Waals surface area (Å²) in [6.07, 6.45) is 9.28. The van der Waals surface area contributed by atoms with Gasteiger partial charge in [0, 0.05) is 11.1 Å². The molecule has 1 saturated heterocycles. The van der Waals surface area contributed by atoms with Crippen LogP contribution in [0.25, 0.3) is 17.0 Å². The van der Waals surface area contributed by atoms with Crippen molar-refractivity contribution >= 4 is 21.4 Å². The smallest absolute Gasteiger partial charge is 0.272 e. The molecule has 1 N–H and O–H groups in total. The lowest BCUT2D eigenvalue weighted by atomic mass is 9.88. The average Bonchev–Trinajstić information content (AvgIpc) is 3.23. The van der Waals surface area contributed by atoms with Crippen molar-refractivity contribution in [1.29, 1.82) is 0 Å². The van der Waals surface area contributed by atoms with Gasteiger partial charge >= 0.3 is 0 Å². The van der Waals surface area contributed by atoms with Gasteiger partial charge in [-0.15, -0.1) is 0 Å². The summed E-state index contributed by atoms with van der Waals surface area (Å²) in [5, 5.41) is 7.27. The number of sulfone groups is 1. The van der Waals surface area contributed by atoms with E-state index in [1.54, 1.807) is 24.6 Å². The second kappa shape index (κ2) is 8.64. The number of allylic oxidation sites excluding steroid dienone is 4. The van der Waals surface area contributed by atoms with Crippen molar-refractivity contribution in [2.45, 2.75) is 62.1 Å². The second-order valence-electron chi connectivity index (χ2n) is 9.96. The molecule has 0 saturated carbocycles. The first-order valence-electron chi connectivity index (χ1n) is 12.0. The molecule has 2 heterocycles. The minimum atomic E-state index is -3.60. The van der Waals surface area contributed by atoms with Crippen molar-refractivity contribution in [2.24, 2.45) is 0 Å². The minimum Gasteiger partial charge on any atom is -0.495 e. The van der Waals surface area contributed by atoms with Gasteiger partial charge < -0.3 is 14.8 Å². The third kappa shape index (κ3) is 4.00. The maximum absolute atomic E-state index is 13.4. The van der Waals surface area contributed by atoms with Gasteiger partial charge in [-0.2, -0.15) is 5.10 Å². The first kappa shape index (κ1) is 23.8. The molecule has 3 aliphatic rings. The minimum absolute atomic E-state index is 0.160. The van der Waals surface area contributed by atoms with Crippen LogP contribution in [0, 0.1) is 0 Å². The third-order valence-corrected chi connectivity index (χ3v) is 9.06. The van der Waals surface area contributed by atoms with Crippen molar-refractivity contribution in [3.05, 3.63) is 47.2 Å². The lowest BCUT2D eigenvalue weighted by Crippen LogP contribution is -2.60. The van der Waals surface area contributed by atoms with Crippen LogP contribution in [0.15, 0.2) is 35.3 Å². The Hall–Kier alpha value is -2.91. The zero-order valence-electron chi connectivity index (χ0n) is 20.6. The van der Waals surface area contributed by atoms with Gasteiger partial charge in [0.15, 0.2) is 15.5 Å². The number of carbonyl (C=O) groups excluding carboxylic acids is 1. The molecule has 0 unspecified atom stereocenters. The summed E-state index contributed by atoms with van der Waals surface area (Å²) in [5.74, 6) is 0.109. The number of nitrogens with one attached hydrogen (secondary N) is 1. The Labute approximate surface area is 205 Å². The Kier molecular flexibility index (Phi) is 5.88. The van der Waals surface area contributed by atoms with Crippen molar-refractivity contribution in [3.63, 3.8) is 0 Å². The van der Waals surface area contributed by atoms with Crippen LogP contribution in [0.2, 0.25) is 0 Å². The number of carbonyl (C=O) groups is 1. The second-order valence-corrected chi connectivity index (χ2v) is 12.4. The van der Waals surface area contributed by atoms with E-state index in [4.69, 9.17) is 14.6 Å². The highest BCUT2D eigenvalue weighted by molar-refractivity contribution is 7.92. The van der Waals surface area contributed by atoms with Crippen LogP contribution in [-0.2, 0) is 27.4 Å².